The molecule has 1 aromatic rings. The molecule has 4 heteroatoms. The van der Waals surface area contributed by atoms with Crippen molar-refractivity contribution in [3.8, 4) is 5.75 Å². The number of carbonyl (C=O) groups is 2. The molecule has 0 bridgehead atoms. The first kappa shape index (κ1) is 13.6. The van der Waals surface area contributed by atoms with Crippen LogP contribution >= 0.6 is 0 Å². The van der Waals surface area contributed by atoms with Crippen molar-refractivity contribution in [3.63, 3.8) is 0 Å². The molecule has 1 aliphatic carbocycles. The Hall–Kier alpha value is -1.84. The lowest BCUT2D eigenvalue weighted by atomic mass is 9.94. The average molecular weight is 261 g/mol. The first-order chi connectivity index (χ1) is 9.24. The van der Waals surface area contributed by atoms with Crippen LogP contribution in [-0.4, -0.2) is 24.3 Å². The van der Waals surface area contributed by atoms with Crippen LogP contribution in [-0.2, 0) is 9.59 Å². The van der Waals surface area contributed by atoms with Crippen LogP contribution < -0.4 is 10.1 Å². The lowest BCUT2D eigenvalue weighted by Crippen LogP contribution is -2.38. The topological polar surface area (TPSA) is 55.4 Å². The van der Waals surface area contributed by atoms with Gasteiger partial charge in [-0.2, -0.15) is 0 Å². The average Bonchev–Trinajstić information content (AvgIpc) is 2.43. The van der Waals surface area contributed by atoms with Gasteiger partial charge in [0, 0.05) is 18.9 Å². The minimum atomic E-state index is -0.00437. The van der Waals surface area contributed by atoms with Gasteiger partial charge in [-0.3, -0.25) is 9.59 Å². The highest BCUT2D eigenvalue weighted by Gasteiger charge is 2.19. The van der Waals surface area contributed by atoms with Crippen molar-refractivity contribution in [2.24, 2.45) is 0 Å². The minimum absolute atomic E-state index is 0.00437. The Kier molecular flexibility index (Phi) is 4.95. The molecule has 1 aliphatic rings. The predicted octanol–water partition coefficient (Wildman–Crippen LogP) is 2.08. The Morgan fingerprint density at radius 3 is 2.58 bits per heavy atom. The summed E-state index contributed by atoms with van der Waals surface area (Å²) in [6.45, 7) is 0.376. The van der Waals surface area contributed by atoms with Crippen LogP contribution in [0.4, 0.5) is 0 Å². The number of carbonyl (C=O) groups excluding carboxylic acids is 2. The first-order valence-electron chi connectivity index (χ1n) is 6.73. The van der Waals surface area contributed by atoms with E-state index in [2.05, 4.69) is 5.32 Å². The molecular formula is C15H19NO3. The number of ether oxygens (including phenoxy) is 1. The Morgan fingerprint density at radius 1 is 1.21 bits per heavy atom. The van der Waals surface area contributed by atoms with E-state index in [1.165, 1.54) is 0 Å². The van der Waals surface area contributed by atoms with Crippen molar-refractivity contribution >= 4 is 11.7 Å². The zero-order valence-electron chi connectivity index (χ0n) is 10.9. The summed E-state index contributed by atoms with van der Waals surface area (Å²) in [5.74, 6) is 1.08. The molecule has 19 heavy (non-hydrogen) atoms. The number of amides is 1. The molecule has 2 rings (SSSR count). The normalized spacial score (nSPS) is 16.1. The van der Waals surface area contributed by atoms with Gasteiger partial charge in [0.1, 0.15) is 11.5 Å². The van der Waals surface area contributed by atoms with Crippen LogP contribution in [0.5, 0.6) is 5.75 Å². The summed E-state index contributed by atoms with van der Waals surface area (Å²) in [4.78, 5) is 22.8. The van der Waals surface area contributed by atoms with Crippen LogP contribution in [0.25, 0.3) is 0 Å². The molecule has 1 amide bonds. The van der Waals surface area contributed by atoms with Crippen LogP contribution in [0, 0.1) is 0 Å². The Labute approximate surface area is 113 Å². The molecule has 0 aromatic heterocycles. The van der Waals surface area contributed by atoms with Crippen molar-refractivity contribution in [2.75, 3.05) is 6.61 Å². The fourth-order valence-corrected chi connectivity index (χ4v) is 2.16. The Balaban J connectivity index is 1.63. The molecule has 102 valence electrons. The van der Waals surface area contributed by atoms with E-state index in [9.17, 15) is 9.59 Å². The number of benzene rings is 1. The summed E-state index contributed by atoms with van der Waals surface area (Å²) in [7, 11) is 0. The van der Waals surface area contributed by atoms with E-state index in [0.29, 0.717) is 31.7 Å². The molecule has 0 heterocycles. The summed E-state index contributed by atoms with van der Waals surface area (Å²) >= 11 is 0. The molecule has 0 saturated heterocycles. The molecule has 0 unspecified atom stereocenters. The molecule has 1 aromatic carbocycles. The minimum Gasteiger partial charge on any atom is -0.493 e. The Morgan fingerprint density at radius 2 is 1.89 bits per heavy atom. The molecule has 0 aliphatic heterocycles. The fraction of sp³-hybridized carbons (Fsp3) is 0.467. The van der Waals surface area contributed by atoms with Crippen LogP contribution in [0.15, 0.2) is 30.3 Å². The quantitative estimate of drug-likeness (QED) is 0.883. The Bertz CT molecular complexity index is 420. The van der Waals surface area contributed by atoms with Crippen LogP contribution in [0.3, 0.4) is 0 Å². The third kappa shape index (κ3) is 4.73. The van der Waals surface area contributed by atoms with Gasteiger partial charge in [0.2, 0.25) is 5.91 Å². The summed E-state index contributed by atoms with van der Waals surface area (Å²) in [6, 6.07) is 9.60. The summed E-state index contributed by atoms with van der Waals surface area (Å²) in [6.07, 6.45) is 3.06. The first-order valence-corrected chi connectivity index (χ1v) is 6.73. The van der Waals surface area contributed by atoms with Crippen molar-refractivity contribution < 1.29 is 14.3 Å². The van der Waals surface area contributed by atoms with Gasteiger partial charge in [-0.1, -0.05) is 18.2 Å². The summed E-state index contributed by atoms with van der Waals surface area (Å²) in [5.41, 5.74) is 0. The van der Waals surface area contributed by atoms with Crippen LogP contribution in [0.1, 0.15) is 32.1 Å². The lowest BCUT2D eigenvalue weighted by Gasteiger charge is -2.22. The highest BCUT2D eigenvalue weighted by atomic mass is 16.5. The predicted molar refractivity (Wildman–Crippen MR) is 72.0 cm³/mol. The second kappa shape index (κ2) is 6.92. The van der Waals surface area contributed by atoms with Crippen molar-refractivity contribution in [1.82, 2.24) is 5.32 Å². The zero-order chi connectivity index (χ0) is 13.5. The number of Topliss-reactive ketones (excluding diaryl/α,β-unsaturated/α-hetero) is 1. The van der Waals surface area contributed by atoms with E-state index in [0.717, 1.165) is 18.6 Å². The van der Waals surface area contributed by atoms with Gasteiger partial charge in [-0.05, 0) is 25.0 Å². The largest absolute Gasteiger partial charge is 0.493 e. The van der Waals surface area contributed by atoms with Crippen LogP contribution in [0.2, 0.25) is 0 Å². The maximum Gasteiger partial charge on any atom is 0.223 e. The maximum atomic E-state index is 11.7. The third-order valence-electron chi connectivity index (χ3n) is 3.25. The monoisotopic (exact) mass is 261 g/mol. The van der Waals surface area contributed by atoms with E-state index in [1.807, 2.05) is 30.3 Å². The highest BCUT2D eigenvalue weighted by molar-refractivity contribution is 5.80. The van der Waals surface area contributed by atoms with E-state index < -0.39 is 0 Å². The highest BCUT2D eigenvalue weighted by Crippen LogP contribution is 2.14. The number of hydrogen-bond acceptors (Lipinski definition) is 3. The van der Waals surface area contributed by atoms with Gasteiger partial charge in [-0.15, -0.1) is 0 Å². The fourth-order valence-electron chi connectivity index (χ4n) is 2.16. The second-order valence-electron chi connectivity index (χ2n) is 4.79. The SMILES string of the molecule is O=C1CCC(NC(=O)CCOc2ccccc2)CC1. The summed E-state index contributed by atoms with van der Waals surface area (Å²) in [5, 5.41) is 2.95. The number of rotatable bonds is 5. The number of ketones is 1. The van der Waals surface area contributed by atoms with Gasteiger partial charge in [0.25, 0.3) is 0 Å². The molecule has 1 saturated carbocycles. The van der Waals surface area contributed by atoms with E-state index in [4.69, 9.17) is 4.74 Å². The smallest absolute Gasteiger partial charge is 0.223 e. The van der Waals surface area contributed by atoms with Gasteiger partial charge < -0.3 is 10.1 Å². The number of para-hydroxylation sites is 1. The molecule has 1 fully saturated rings. The molecule has 0 radical (unpaired) electrons. The van der Waals surface area contributed by atoms with E-state index in [-0.39, 0.29) is 11.9 Å². The van der Waals surface area contributed by atoms with Crippen molar-refractivity contribution in [3.05, 3.63) is 30.3 Å². The molecule has 4 nitrogen and oxygen atoms in total. The lowest BCUT2D eigenvalue weighted by molar-refractivity contribution is -0.125. The van der Waals surface area contributed by atoms with Crippen molar-refractivity contribution in [2.45, 2.75) is 38.1 Å². The molecule has 1 N–H and O–H groups in total. The van der Waals surface area contributed by atoms with Gasteiger partial charge in [-0.25, -0.2) is 0 Å². The van der Waals surface area contributed by atoms with Crippen molar-refractivity contribution in [1.29, 1.82) is 0 Å². The third-order valence-corrected chi connectivity index (χ3v) is 3.25. The summed E-state index contributed by atoms with van der Waals surface area (Å²) < 4.78 is 5.47. The zero-order valence-corrected chi connectivity index (χ0v) is 10.9. The molecular weight excluding hydrogens is 242 g/mol. The van der Waals surface area contributed by atoms with Gasteiger partial charge >= 0.3 is 0 Å². The maximum absolute atomic E-state index is 11.7. The molecule has 0 atom stereocenters. The number of hydrogen-bond donors (Lipinski definition) is 1. The molecule has 0 spiro atoms. The standard InChI is InChI=1S/C15H19NO3/c17-13-8-6-12(7-9-13)16-15(18)10-11-19-14-4-2-1-3-5-14/h1-5,12H,6-11H2,(H,16,18). The van der Waals surface area contributed by atoms with Gasteiger partial charge in [0.05, 0.1) is 13.0 Å². The van der Waals surface area contributed by atoms with Gasteiger partial charge in [0.15, 0.2) is 0 Å². The number of nitrogens with one attached hydrogen (secondary N) is 1. The van der Waals surface area contributed by atoms with E-state index >= 15 is 0 Å². The second-order valence-corrected chi connectivity index (χ2v) is 4.79. The van der Waals surface area contributed by atoms with E-state index in [1.54, 1.807) is 0 Å².